The van der Waals surface area contributed by atoms with Gasteiger partial charge in [0.05, 0.1) is 24.4 Å². The molecule has 3 rings (SSSR count). The van der Waals surface area contributed by atoms with Crippen LogP contribution in [0.3, 0.4) is 0 Å². The SMILES string of the molecule is COc1ccc(-n2c(C)cc(/C=N\NC(=O)C(=O)N[C@H](C)c3ccccc3)c2C)cc1Cl. The molecule has 2 N–H and O–H groups in total. The highest BCUT2D eigenvalue weighted by Gasteiger charge is 2.17. The summed E-state index contributed by atoms with van der Waals surface area (Å²) in [6.45, 7) is 5.70. The molecule has 1 atom stereocenters. The lowest BCUT2D eigenvalue weighted by Crippen LogP contribution is -2.39. The summed E-state index contributed by atoms with van der Waals surface area (Å²) < 4.78 is 7.23. The number of nitrogens with one attached hydrogen (secondary N) is 2. The summed E-state index contributed by atoms with van der Waals surface area (Å²) in [6, 6.07) is 16.6. The summed E-state index contributed by atoms with van der Waals surface area (Å²) >= 11 is 6.26. The number of aromatic nitrogens is 1. The van der Waals surface area contributed by atoms with E-state index in [1.54, 1.807) is 13.2 Å². The Balaban J connectivity index is 1.67. The van der Waals surface area contributed by atoms with Gasteiger partial charge < -0.3 is 14.6 Å². The number of ether oxygens (including phenoxy) is 1. The van der Waals surface area contributed by atoms with Gasteiger partial charge in [-0.05, 0) is 50.6 Å². The molecule has 0 spiro atoms. The van der Waals surface area contributed by atoms with Crippen LogP contribution in [0.2, 0.25) is 5.02 Å². The molecule has 0 aliphatic heterocycles. The van der Waals surface area contributed by atoms with Gasteiger partial charge in [0.2, 0.25) is 0 Å². The third-order valence-electron chi connectivity index (χ3n) is 5.09. The van der Waals surface area contributed by atoms with Gasteiger partial charge in [-0.1, -0.05) is 41.9 Å². The van der Waals surface area contributed by atoms with Gasteiger partial charge in [-0.25, -0.2) is 5.43 Å². The van der Waals surface area contributed by atoms with Gasteiger partial charge in [0, 0.05) is 22.6 Å². The summed E-state index contributed by atoms with van der Waals surface area (Å²) in [6.07, 6.45) is 1.51. The van der Waals surface area contributed by atoms with Gasteiger partial charge >= 0.3 is 11.8 Å². The van der Waals surface area contributed by atoms with E-state index in [2.05, 4.69) is 15.8 Å². The highest BCUT2D eigenvalue weighted by atomic mass is 35.5. The summed E-state index contributed by atoms with van der Waals surface area (Å²) in [7, 11) is 1.57. The van der Waals surface area contributed by atoms with Gasteiger partial charge in [0.15, 0.2) is 0 Å². The minimum atomic E-state index is -0.834. The quantitative estimate of drug-likeness (QED) is 0.335. The Labute approximate surface area is 192 Å². The molecule has 7 nitrogen and oxygen atoms in total. The van der Waals surface area contributed by atoms with Crippen LogP contribution >= 0.6 is 11.6 Å². The number of rotatable bonds is 6. The molecule has 3 aromatic rings. The lowest BCUT2D eigenvalue weighted by Gasteiger charge is -2.13. The molecule has 8 heteroatoms. The van der Waals surface area contributed by atoms with Gasteiger partial charge in [-0.15, -0.1) is 0 Å². The van der Waals surface area contributed by atoms with Crippen molar-refractivity contribution in [2.75, 3.05) is 7.11 Å². The first-order valence-corrected chi connectivity index (χ1v) is 10.4. The van der Waals surface area contributed by atoms with E-state index in [4.69, 9.17) is 16.3 Å². The van der Waals surface area contributed by atoms with E-state index < -0.39 is 11.8 Å². The van der Waals surface area contributed by atoms with E-state index in [-0.39, 0.29) is 6.04 Å². The minimum Gasteiger partial charge on any atom is -0.495 e. The molecule has 2 aromatic carbocycles. The Kier molecular flexibility index (Phi) is 7.33. The van der Waals surface area contributed by atoms with E-state index in [9.17, 15) is 9.59 Å². The fourth-order valence-electron chi connectivity index (χ4n) is 3.41. The number of benzene rings is 2. The van der Waals surface area contributed by atoms with Crippen molar-refractivity contribution in [2.24, 2.45) is 5.10 Å². The highest BCUT2D eigenvalue weighted by Crippen LogP contribution is 2.28. The number of amides is 2. The Bertz CT molecular complexity index is 1160. The van der Waals surface area contributed by atoms with Gasteiger partial charge in [0.1, 0.15) is 5.75 Å². The predicted molar refractivity (Wildman–Crippen MR) is 126 cm³/mol. The van der Waals surface area contributed by atoms with Crippen LogP contribution in [0.25, 0.3) is 5.69 Å². The number of nitrogens with zero attached hydrogens (tertiary/aromatic N) is 2. The van der Waals surface area contributed by atoms with Crippen molar-refractivity contribution in [2.45, 2.75) is 26.8 Å². The molecular weight excluding hydrogens is 428 g/mol. The minimum absolute atomic E-state index is 0.298. The van der Waals surface area contributed by atoms with Crippen LogP contribution in [0.4, 0.5) is 0 Å². The average molecular weight is 453 g/mol. The van der Waals surface area contributed by atoms with Crippen LogP contribution in [0, 0.1) is 13.8 Å². The number of aryl methyl sites for hydroxylation is 1. The molecule has 32 heavy (non-hydrogen) atoms. The maximum Gasteiger partial charge on any atom is 0.329 e. The average Bonchev–Trinajstić information content (AvgIpc) is 3.07. The van der Waals surface area contributed by atoms with Crippen molar-refractivity contribution in [1.82, 2.24) is 15.3 Å². The molecule has 0 saturated carbocycles. The topological polar surface area (TPSA) is 84.7 Å². The van der Waals surface area contributed by atoms with E-state index >= 15 is 0 Å². The van der Waals surface area contributed by atoms with Crippen molar-refractivity contribution in [3.05, 3.63) is 82.1 Å². The van der Waals surface area contributed by atoms with E-state index in [0.29, 0.717) is 10.8 Å². The molecule has 0 aliphatic carbocycles. The van der Waals surface area contributed by atoms with E-state index in [1.165, 1.54) is 6.21 Å². The second-order valence-electron chi connectivity index (χ2n) is 7.29. The second-order valence-corrected chi connectivity index (χ2v) is 7.69. The zero-order chi connectivity index (χ0) is 23.3. The predicted octanol–water partition coefficient (Wildman–Crippen LogP) is 4.08. The Morgan fingerprint density at radius 3 is 2.47 bits per heavy atom. The van der Waals surface area contributed by atoms with Crippen LogP contribution in [-0.2, 0) is 9.59 Å². The van der Waals surface area contributed by atoms with Crippen molar-refractivity contribution in [1.29, 1.82) is 0 Å². The van der Waals surface area contributed by atoms with Crippen molar-refractivity contribution >= 4 is 29.6 Å². The number of carbonyl (C=O) groups is 2. The van der Waals surface area contributed by atoms with Crippen LogP contribution < -0.4 is 15.5 Å². The number of hydrazone groups is 1. The first-order valence-electron chi connectivity index (χ1n) is 10.0. The molecule has 0 bridgehead atoms. The molecule has 0 unspecified atom stereocenters. The summed E-state index contributed by atoms with van der Waals surface area (Å²) in [5, 5.41) is 7.12. The highest BCUT2D eigenvalue weighted by molar-refractivity contribution is 6.35. The monoisotopic (exact) mass is 452 g/mol. The first-order chi connectivity index (χ1) is 15.3. The molecule has 0 fully saturated rings. The van der Waals surface area contributed by atoms with E-state index in [1.807, 2.05) is 73.9 Å². The van der Waals surface area contributed by atoms with Crippen LogP contribution in [0.1, 0.15) is 35.5 Å². The Morgan fingerprint density at radius 2 is 1.81 bits per heavy atom. The Morgan fingerprint density at radius 1 is 1.09 bits per heavy atom. The maximum absolute atomic E-state index is 12.1. The van der Waals surface area contributed by atoms with Gasteiger partial charge in [-0.3, -0.25) is 9.59 Å². The second kappa shape index (κ2) is 10.2. The van der Waals surface area contributed by atoms with Crippen LogP contribution in [-0.4, -0.2) is 29.7 Å². The normalized spacial score (nSPS) is 11.9. The third kappa shape index (κ3) is 5.18. The van der Waals surface area contributed by atoms with Gasteiger partial charge in [-0.2, -0.15) is 5.10 Å². The van der Waals surface area contributed by atoms with E-state index in [0.717, 1.165) is 28.2 Å². The Hall–Kier alpha value is -3.58. The molecule has 0 saturated heterocycles. The number of hydrogen-bond acceptors (Lipinski definition) is 4. The van der Waals surface area contributed by atoms with Crippen molar-refractivity contribution in [3.8, 4) is 11.4 Å². The molecule has 1 aromatic heterocycles. The number of methoxy groups -OCH3 is 1. The third-order valence-corrected chi connectivity index (χ3v) is 5.38. The number of halogens is 1. The number of carbonyl (C=O) groups excluding carboxylic acids is 2. The molecule has 1 heterocycles. The lowest BCUT2D eigenvalue weighted by molar-refractivity contribution is -0.139. The summed E-state index contributed by atoms with van der Waals surface area (Å²) in [5.41, 5.74) is 6.73. The first kappa shape index (κ1) is 23.1. The van der Waals surface area contributed by atoms with Crippen LogP contribution in [0.15, 0.2) is 59.7 Å². The fourth-order valence-corrected chi connectivity index (χ4v) is 3.66. The molecular formula is C24H25ClN4O3. The molecule has 0 radical (unpaired) electrons. The molecule has 166 valence electrons. The summed E-state index contributed by atoms with van der Waals surface area (Å²) in [4.78, 5) is 24.2. The smallest absolute Gasteiger partial charge is 0.329 e. The van der Waals surface area contributed by atoms with Crippen molar-refractivity contribution in [3.63, 3.8) is 0 Å². The summed E-state index contributed by atoms with van der Waals surface area (Å²) in [5.74, 6) is -0.987. The standard InChI is InChI=1S/C24H25ClN4O3/c1-15-12-19(17(3)29(15)20-10-11-22(32-4)21(25)13-20)14-26-28-24(31)23(30)27-16(2)18-8-6-5-7-9-18/h5-14,16H,1-4H3,(H,27,30)(H,28,31)/b26-14-/t16-/m1/s1. The lowest BCUT2D eigenvalue weighted by atomic mass is 10.1. The molecule has 2 amide bonds. The maximum atomic E-state index is 12.1. The zero-order valence-electron chi connectivity index (χ0n) is 18.3. The van der Waals surface area contributed by atoms with Crippen molar-refractivity contribution < 1.29 is 14.3 Å². The van der Waals surface area contributed by atoms with Crippen LogP contribution in [0.5, 0.6) is 5.75 Å². The fraction of sp³-hybridized carbons (Fsp3) is 0.208. The van der Waals surface area contributed by atoms with Gasteiger partial charge in [0.25, 0.3) is 0 Å². The number of hydrogen-bond donors (Lipinski definition) is 2. The zero-order valence-corrected chi connectivity index (χ0v) is 19.1. The molecule has 0 aliphatic rings. The largest absolute Gasteiger partial charge is 0.495 e.